The fourth-order valence-electron chi connectivity index (χ4n) is 3.38. The SMILES string of the molecule is COc1cc(C(C)n2c(N)nc3cccnc32)ccc1OCc1ccc(C(F)(F)F)nc1. The lowest BCUT2D eigenvalue weighted by atomic mass is 10.1. The van der Waals surface area contributed by atoms with Gasteiger partial charge in [0.1, 0.15) is 17.8 Å². The number of anilines is 1. The van der Waals surface area contributed by atoms with Crippen molar-refractivity contribution >= 4 is 17.1 Å². The number of rotatable bonds is 6. The summed E-state index contributed by atoms with van der Waals surface area (Å²) in [7, 11) is 1.51. The summed E-state index contributed by atoms with van der Waals surface area (Å²) in [5, 5.41) is 0. The van der Waals surface area contributed by atoms with Gasteiger partial charge in [-0.05, 0) is 42.8 Å². The lowest BCUT2D eigenvalue weighted by Gasteiger charge is -2.18. The Morgan fingerprint density at radius 2 is 1.91 bits per heavy atom. The molecule has 0 aliphatic heterocycles. The van der Waals surface area contributed by atoms with Gasteiger partial charge in [-0.15, -0.1) is 0 Å². The van der Waals surface area contributed by atoms with Crippen molar-refractivity contribution < 1.29 is 22.6 Å². The number of alkyl halides is 3. The molecule has 0 spiro atoms. The smallest absolute Gasteiger partial charge is 0.433 e. The molecule has 0 radical (unpaired) electrons. The maximum absolute atomic E-state index is 12.7. The van der Waals surface area contributed by atoms with Gasteiger partial charge in [-0.25, -0.2) is 9.97 Å². The number of methoxy groups -OCH3 is 1. The van der Waals surface area contributed by atoms with Crippen molar-refractivity contribution in [3.05, 3.63) is 71.7 Å². The van der Waals surface area contributed by atoms with Crippen LogP contribution in [-0.4, -0.2) is 26.6 Å². The quantitative estimate of drug-likeness (QED) is 0.468. The first-order valence-electron chi connectivity index (χ1n) is 9.69. The number of aromatic nitrogens is 4. The van der Waals surface area contributed by atoms with Gasteiger partial charge in [-0.2, -0.15) is 13.2 Å². The Bertz CT molecular complexity index is 1240. The Kier molecular flexibility index (Phi) is 5.60. The minimum absolute atomic E-state index is 0.0411. The van der Waals surface area contributed by atoms with Gasteiger partial charge in [-0.3, -0.25) is 9.55 Å². The Hall–Kier alpha value is -3.82. The second-order valence-electron chi connectivity index (χ2n) is 7.11. The van der Waals surface area contributed by atoms with E-state index in [1.807, 2.05) is 29.7 Å². The maximum Gasteiger partial charge on any atom is 0.433 e. The molecule has 1 unspecified atom stereocenters. The van der Waals surface area contributed by atoms with Crippen LogP contribution in [0.15, 0.2) is 54.9 Å². The lowest BCUT2D eigenvalue weighted by molar-refractivity contribution is -0.141. The molecule has 2 N–H and O–H groups in total. The number of nitrogens with zero attached hydrogens (tertiary/aromatic N) is 4. The van der Waals surface area contributed by atoms with Crippen LogP contribution in [0.4, 0.5) is 19.1 Å². The summed E-state index contributed by atoms with van der Waals surface area (Å²) in [5.41, 5.74) is 7.94. The zero-order valence-electron chi connectivity index (χ0n) is 17.3. The summed E-state index contributed by atoms with van der Waals surface area (Å²) >= 11 is 0. The highest BCUT2D eigenvalue weighted by atomic mass is 19.4. The van der Waals surface area contributed by atoms with E-state index < -0.39 is 11.9 Å². The van der Waals surface area contributed by atoms with E-state index in [0.29, 0.717) is 34.2 Å². The van der Waals surface area contributed by atoms with Gasteiger partial charge in [-0.1, -0.05) is 12.1 Å². The van der Waals surface area contributed by atoms with Crippen LogP contribution < -0.4 is 15.2 Å². The van der Waals surface area contributed by atoms with E-state index in [0.717, 1.165) is 17.8 Å². The van der Waals surface area contributed by atoms with Crippen LogP contribution in [0.25, 0.3) is 11.2 Å². The average molecular weight is 443 g/mol. The minimum Gasteiger partial charge on any atom is -0.493 e. The first-order chi connectivity index (χ1) is 15.3. The van der Waals surface area contributed by atoms with Gasteiger partial charge in [0.25, 0.3) is 0 Å². The summed E-state index contributed by atoms with van der Waals surface area (Å²) in [6, 6.07) is 11.1. The zero-order valence-corrected chi connectivity index (χ0v) is 17.3. The molecule has 4 aromatic rings. The van der Waals surface area contributed by atoms with Gasteiger partial charge in [0.2, 0.25) is 5.95 Å². The molecule has 1 atom stereocenters. The van der Waals surface area contributed by atoms with E-state index >= 15 is 0 Å². The Labute approximate surface area is 181 Å². The first kappa shape index (κ1) is 21.4. The highest BCUT2D eigenvalue weighted by molar-refractivity contribution is 5.74. The molecule has 0 amide bonds. The van der Waals surface area contributed by atoms with Crippen molar-refractivity contribution in [2.75, 3.05) is 12.8 Å². The third kappa shape index (κ3) is 4.16. The van der Waals surface area contributed by atoms with Crippen molar-refractivity contribution in [2.24, 2.45) is 0 Å². The van der Waals surface area contributed by atoms with Crippen molar-refractivity contribution in [3.8, 4) is 11.5 Å². The highest BCUT2D eigenvalue weighted by Gasteiger charge is 2.32. The van der Waals surface area contributed by atoms with Crippen LogP contribution in [0.2, 0.25) is 0 Å². The van der Waals surface area contributed by atoms with E-state index in [2.05, 4.69) is 15.0 Å². The van der Waals surface area contributed by atoms with Crippen molar-refractivity contribution in [1.29, 1.82) is 0 Å². The number of benzene rings is 1. The molecular weight excluding hydrogens is 423 g/mol. The molecule has 1 aromatic carbocycles. The van der Waals surface area contributed by atoms with Crippen LogP contribution in [-0.2, 0) is 12.8 Å². The maximum atomic E-state index is 12.7. The van der Waals surface area contributed by atoms with Gasteiger partial charge in [0.15, 0.2) is 17.1 Å². The molecule has 0 saturated heterocycles. The first-order valence-corrected chi connectivity index (χ1v) is 9.69. The molecule has 0 aliphatic rings. The number of ether oxygens (including phenoxy) is 2. The van der Waals surface area contributed by atoms with Crippen LogP contribution in [0.1, 0.15) is 29.8 Å². The van der Waals surface area contributed by atoms with Gasteiger partial charge >= 0.3 is 6.18 Å². The van der Waals surface area contributed by atoms with Crippen molar-refractivity contribution in [3.63, 3.8) is 0 Å². The molecule has 4 rings (SSSR count). The molecule has 3 aromatic heterocycles. The van der Waals surface area contributed by atoms with Crippen LogP contribution in [0.3, 0.4) is 0 Å². The molecule has 0 fully saturated rings. The normalized spacial score (nSPS) is 12.7. The number of nitrogens with two attached hydrogens (primary N) is 1. The zero-order chi connectivity index (χ0) is 22.9. The van der Waals surface area contributed by atoms with E-state index in [9.17, 15) is 13.2 Å². The number of fused-ring (bicyclic) bond motifs is 1. The highest BCUT2D eigenvalue weighted by Crippen LogP contribution is 2.34. The van der Waals surface area contributed by atoms with Gasteiger partial charge in [0, 0.05) is 18.0 Å². The summed E-state index contributed by atoms with van der Waals surface area (Å²) in [6.07, 6.45) is -1.65. The molecule has 0 bridgehead atoms. The minimum atomic E-state index is -4.48. The van der Waals surface area contributed by atoms with E-state index in [4.69, 9.17) is 15.2 Å². The van der Waals surface area contributed by atoms with Crippen LogP contribution >= 0.6 is 0 Å². The van der Waals surface area contributed by atoms with Gasteiger partial charge in [0.05, 0.1) is 13.2 Å². The third-order valence-corrected chi connectivity index (χ3v) is 5.04. The van der Waals surface area contributed by atoms with Gasteiger partial charge < -0.3 is 15.2 Å². The summed E-state index contributed by atoms with van der Waals surface area (Å²) in [6.45, 7) is 2.01. The Morgan fingerprint density at radius 1 is 1.09 bits per heavy atom. The average Bonchev–Trinajstić information content (AvgIpc) is 3.12. The van der Waals surface area contributed by atoms with Crippen LogP contribution in [0, 0.1) is 0 Å². The van der Waals surface area contributed by atoms with E-state index in [-0.39, 0.29) is 12.6 Å². The summed E-state index contributed by atoms with van der Waals surface area (Å²) in [4.78, 5) is 12.2. The van der Waals surface area contributed by atoms with Crippen LogP contribution in [0.5, 0.6) is 11.5 Å². The molecule has 0 aliphatic carbocycles. The van der Waals surface area contributed by atoms with E-state index in [1.54, 1.807) is 18.3 Å². The topological polar surface area (TPSA) is 88.1 Å². The van der Waals surface area contributed by atoms with Crippen molar-refractivity contribution in [1.82, 2.24) is 19.5 Å². The monoisotopic (exact) mass is 443 g/mol. The number of imidazole rings is 1. The molecule has 10 heteroatoms. The molecule has 7 nitrogen and oxygen atoms in total. The fraction of sp³-hybridized carbons (Fsp3) is 0.227. The Balaban J connectivity index is 1.54. The second kappa shape index (κ2) is 8.37. The molecule has 166 valence electrons. The summed E-state index contributed by atoms with van der Waals surface area (Å²) < 4.78 is 51.0. The lowest BCUT2D eigenvalue weighted by Crippen LogP contribution is -2.11. The second-order valence-corrected chi connectivity index (χ2v) is 7.11. The predicted molar refractivity (Wildman–Crippen MR) is 112 cm³/mol. The number of halogens is 3. The number of hydrogen-bond donors (Lipinski definition) is 1. The number of nitrogen functional groups attached to an aromatic ring is 1. The predicted octanol–water partition coefficient (Wildman–Crippen LogP) is 4.62. The molecular formula is C22H20F3N5O2. The van der Waals surface area contributed by atoms with E-state index in [1.165, 1.54) is 13.2 Å². The fourth-order valence-corrected chi connectivity index (χ4v) is 3.38. The standard InChI is InChI=1S/C22H20F3N5O2/c1-13(30-20-16(29-21(30)26)4-3-9-27-20)15-6-7-17(18(10-15)31-2)32-12-14-5-8-19(28-11-14)22(23,24)25/h3-11,13H,12H2,1-2H3,(H2,26,29). The Morgan fingerprint density at radius 3 is 2.59 bits per heavy atom. The largest absolute Gasteiger partial charge is 0.493 e. The number of pyridine rings is 2. The molecule has 32 heavy (non-hydrogen) atoms. The third-order valence-electron chi connectivity index (χ3n) is 5.04. The van der Waals surface area contributed by atoms with Crippen molar-refractivity contribution in [2.45, 2.75) is 25.7 Å². The number of hydrogen-bond acceptors (Lipinski definition) is 6. The summed E-state index contributed by atoms with van der Waals surface area (Å²) in [5.74, 6) is 1.27. The molecule has 3 heterocycles. The molecule has 0 saturated carbocycles.